The highest BCUT2D eigenvalue weighted by atomic mass is 15.3. The van der Waals surface area contributed by atoms with Crippen LogP contribution in [-0.4, -0.2) is 22.6 Å². The number of nitrogens with zero attached hydrogens (tertiary/aromatic N) is 3. The van der Waals surface area contributed by atoms with Gasteiger partial charge in [0.25, 0.3) is 0 Å². The minimum absolute atomic E-state index is 0.257. The van der Waals surface area contributed by atoms with E-state index in [1.807, 2.05) is 6.07 Å². The van der Waals surface area contributed by atoms with Gasteiger partial charge >= 0.3 is 0 Å². The van der Waals surface area contributed by atoms with Crippen LogP contribution in [0.25, 0.3) is 0 Å². The second kappa shape index (κ2) is 4.52. The van der Waals surface area contributed by atoms with Crippen molar-refractivity contribution in [2.75, 3.05) is 22.6 Å². The topological polar surface area (TPSA) is 93.1 Å². The number of nitrogen functional groups attached to an aromatic ring is 2. The highest BCUT2D eigenvalue weighted by molar-refractivity contribution is 5.53. The van der Waals surface area contributed by atoms with Crippen molar-refractivity contribution in [2.45, 2.75) is 32.2 Å². The monoisotopic (exact) mass is 222 g/mol. The summed E-state index contributed by atoms with van der Waals surface area (Å²) in [6.45, 7) is 3.15. The molecule has 0 saturated heterocycles. The number of hydrogen-bond acceptors (Lipinski definition) is 6. The lowest BCUT2D eigenvalue weighted by Gasteiger charge is -2.23. The van der Waals surface area contributed by atoms with E-state index in [-0.39, 0.29) is 5.95 Å². The van der Waals surface area contributed by atoms with Gasteiger partial charge in [-0.1, -0.05) is 6.92 Å². The molecule has 16 heavy (non-hydrogen) atoms. The quantitative estimate of drug-likeness (QED) is 0.502. The van der Waals surface area contributed by atoms with Crippen LogP contribution < -0.4 is 21.9 Å². The van der Waals surface area contributed by atoms with E-state index in [2.05, 4.69) is 27.2 Å². The minimum Gasteiger partial charge on any atom is -0.368 e. The number of anilines is 3. The Morgan fingerprint density at radius 2 is 2.25 bits per heavy atom. The van der Waals surface area contributed by atoms with E-state index in [1.54, 1.807) is 0 Å². The lowest BCUT2D eigenvalue weighted by molar-refractivity contribution is 0.750. The Morgan fingerprint density at radius 1 is 1.50 bits per heavy atom. The molecule has 1 aliphatic carbocycles. The van der Waals surface area contributed by atoms with Gasteiger partial charge in [0.05, 0.1) is 0 Å². The van der Waals surface area contributed by atoms with Crippen molar-refractivity contribution in [1.82, 2.24) is 9.97 Å². The first kappa shape index (κ1) is 10.9. The first-order valence-electron chi connectivity index (χ1n) is 5.62. The summed E-state index contributed by atoms with van der Waals surface area (Å²) in [5.41, 5.74) is 8.15. The van der Waals surface area contributed by atoms with E-state index in [4.69, 9.17) is 11.6 Å². The third kappa shape index (κ3) is 2.33. The van der Waals surface area contributed by atoms with Crippen LogP contribution in [0.15, 0.2) is 6.07 Å². The largest absolute Gasteiger partial charge is 0.368 e. The summed E-state index contributed by atoms with van der Waals surface area (Å²) < 4.78 is 0. The van der Waals surface area contributed by atoms with Gasteiger partial charge in [0, 0.05) is 18.7 Å². The van der Waals surface area contributed by atoms with E-state index in [0.29, 0.717) is 11.9 Å². The molecule has 0 aromatic carbocycles. The zero-order valence-corrected chi connectivity index (χ0v) is 9.48. The smallest absolute Gasteiger partial charge is 0.223 e. The molecule has 6 nitrogen and oxygen atoms in total. The summed E-state index contributed by atoms with van der Waals surface area (Å²) in [4.78, 5) is 10.5. The molecule has 0 bridgehead atoms. The number of hydrogen-bond donors (Lipinski definition) is 3. The molecule has 1 heterocycles. The molecule has 88 valence electrons. The summed E-state index contributed by atoms with van der Waals surface area (Å²) in [7, 11) is 0. The summed E-state index contributed by atoms with van der Waals surface area (Å²) in [6.07, 6.45) is 3.55. The van der Waals surface area contributed by atoms with Crippen LogP contribution >= 0.6 is 0 Å². The van der Waals surface area contributed by atoms with Crippen molar-refractivity contribution in [2.24, 2.45) is 5.84 Å². The molecule has 0 amide bonds. The Balaban J connectivity index is 2.25. The van der Waals surface area contributed by atoms with Crippen molar-refractivity contribution >= 4 is 17.6 Å². The molecule has 0 unspecified atom stereocenters. The molecule has 2 rings (SSSR count). The average Bonchev–Trinajstić information content (AvgIpc) is 3.08. The predicted molar refractivity (Wildman–Crippen MR) is 64.9 cm³/mol. The second-order valence-corrected chi connectivity index (χ2v) is 4.04. The molecule has 1 aliphatic rings. The van der Waals surface area contributed by atoms with Crippen molar-refractivity contribution in [3.63, 3.8) is 0 Å². The molecule has 0 atom stereocenters. The number of rotatable bonds is 5. The third-order valence-corrected chi connectivity index (χ3v) is 2.62. The zero-order valence-electron chi connectivity index (χ0n) is 9.48. The van der Waals surface area contributed by atoms with E-state index >= 15 is 0 Å². The van der Waals surface area contributed by atoms with Gasteiger partial charge < -0.3 is 16.1 Å². The van der Waals surface area contributed by atoms with Gasteiger partial charge in [-0.05, 0) is 19.3 Å². The molecular formula is C10H18N6. The molecule has 0 spiro atoms. The van der Waals surface area contributed by atoms with Crippen LogP contribution in [0.3, 0.4) is 0 Å². The predicted octanol–water partition coefficient (Wildman–Crippen LogP) is 0.723. The fourth-order valence-electron chi connectivity index (χ4n) is 1.78. The Hall–Kier alpha value is -1.56. The maximum absolute atomic E-state index is 5.65. The van der Waals surface area contributed by atoms with Crippen LogP contribution in [0.4, 0.5) is 17.6 Å². The lowest BCUT2D eigenvalue weighted by Crippen LogP contribution is -2.28. The van der Waals surface area contributed by atoms with Crippen LogP contribution in [0, 0.1) is 0 Å². The standard InChI is InChI=1S/C10H18N6/c1-2-5-16(7-3-4-7)9-6-8(15-12)13-10(11)14-9/h6-7H,2-5,12H2,1H3,(H3,11,13,14,15). The van der Waals surface area contributed by atoms with Gasteiger partial charge in [-0.15, -0.1) is 0 Å². The second-order valence-electron chi connectivity index (χ2n) is 4.04. The number of aromatic nitrogens is 2. The average molecular weight is 222 g/mol. The fraction of sp³-hybridized carbons (Fsp3) is 0.600. The Kier molecular flexibility index (Phi) is 3.09. The normalized spacial score (nSPS) is 14.9. The molecule has 6 heteroatoms. The Morgan fingerprint density at radius 3 is 2.81 bits per heavy atom. The van der Waals surface area contributed by atoms with Crippen LogP contribution in [0.2, 0.25) is 0 Å². The maximum Gasteiger partial charge on any atom is 0.223 e. The highest BCUT2D eigenvalue weighted by Gasteiger charge is 2.29. The molecule has 0 aliphatic heterocycles. The molecular weight excluding hydrogens is 204 g/mol. The summed E-state index contributed by atoms with van der Waals surface area (Å²) in [6, 6.07) is 2.45. The fourth-order valence-corrected chi connectivity index (χ4v) is 1.78. The Bertz CT molecular complexity index is 362. The molecule has 1 saturated carbocycles. The van der Waals surface area contributed by atoms with Crippen molar-refractivity contribution in [3.05, 3.63) is 6.07 Å². The molecule has 1 aromatic heterocycles. The van der Waals surface area contributed by atoms with Gasteiger partial charge in [0.1, 0.15) is 11.6 Å². The first-order valence-corrected chi connectivity index (χ1v) is 5.62. The van der Waals surface area contributed by atoms with Crippen molar-refractivity contribution in [1.29, 1.82) is 0 Å². The Labute approximate surface area is 95.0 Å². The number of hydrazine groups is 1. The molecule has 1 fully saturated rings. The van der Waals surface area contributed by atoms with Gasteiger partial charge in [-0.3, -0.25) is 0 Å². The molecule has 1 aromatic rings. The van der Waals surface area contributed by atoms with E-state index in [9.17, 15) is 0 Å². The highest BCUT2D eigenvalue weighted by Crippen LogP contribution is 2.31. The summed E-state index contributed by atoms with van der Waals surface area (Å²) in [5.74, 6) is 7.02. The zero-order chi connectivity index (χ0) is 11.5. The van der Waals surface area contributed by atoms with E-state index < -0.39 is 0 Å². The van der Waals surface area contributed by atoms with E-state index in [1.165, 1.54) is 12.8 Å². The first-order chi connectivity index (χ1) is 7.74. The summed E-state index contributed by atoms with van der Waals surface area (Å²) in [5, 5.41) is 0. The number of nitrogens with one attached hydrogen (secondary N) is 1. The SMILES string of the molecule is CCCN(c1cc(NN)nc(N)n1)C1CC1. The molecule has 0 radical (unpaired) electrons. The van der Waals surface area contributed by atoms with Crippen molar-refractivity contribution < 1.29 is 0 Å². The summed E-state index contributed by atoms with van der Waals surface area (Å²) >= 11 is 0. The lowest BCUT2D eigenvalue weighted by atomic mass is 10.3. The third-order valence-electron chi connectivity index (χ3n) is 2.62. The van der Waals surface area contributed by atoms with Gasteiger partial charge in [0.15, 0.2) is 0 Å². The molecule has 5 N–H and O–H groups in total. The van der Waals surface area contributed by atoms with E-state index in [0.717, 1.165) is 18.8 Å². The van der Waals surface area contributed by atoms with Crippen molar-refractivity contribution in [3.8, 4) is 0 Å². The number of nitrogens with two attached hydrogens (primary N) is 2. The maximum atomic E-state index is 5.65. The minimum atomic E-state index is 0.257. The van der Waals surface area contributed by atoms with Gasteiger partial charge in [-0.25, -0.2) is 5.84 Å². The van der Waals surface area contributed by atoms with Crippen LogP contribution in [-0.2, 0) is 0 Å². The van der Waals surface area contributed by atoms with Crippen LogP contribution in [0.1, 0.15) is 26.2 Å². The van der Waals surface area contributed by atoms with Crippen LogP contribution in [0.5, 0.6) is 0 Å². The van der Waals surface area contributed by atoms with Gasteiger partial charge in [-0.2, -0.15) is 9.97 Å². The van der Waals surface area contributed by atoms with Gasteiger partial charge in [0.2, 0.25) is 5.95 Å².